The SMILES string of the molecule is CCCCn1nc(C(C)(C)C)sc1=NC(=O)c1cc(C(F)(F)F)ccc1CN1CC(C(C)(C)O)C1. The molecule has 0 radical (unpaired) electrons. The molecule has 35 heavy (non-hydrogen) atoms. The van der Waals surface area contributed by atoms with Crippen LogP contribution in [-0.2, 0) is 24.7 Å². The molecule has 1 aromatic heterocycles. The molecular weight excluding hydrogens is 477 g/mol. The molecule has 194 valence electrons. The molecule has 3 rings (SSSR count). The van der Waals surface area contributed by atoms with Gasteiger partial charge in [0.2, 0.25) is 4.80 Å². The van der Waals surface area contributed by atoms with E-state index >= 15 is 0 Å². The molecule has 1 fully saturated rings. The van der Waals surface area contributed by atoms with E-state index in [1.807, 2.05) is 32.6 Å². The van der Waals surface area contributed by atoms with Crippen molar-refractivity contribution in [1.29, 1.82) is 0 Å². The number of alkyl halides is 3. The Balaban J connectivity index is 1.98. The number of carbonyl (C=O) groups is 1. The van der Waals surface area contributed by atoms with Gasteiger partial charge in [-0.1, -0.05) is 51.5 Å². The second-order valence-electron chi connectivity index (χ2n) is 10.8. The first kappa shape index (κ1) is 27.5. The van der Waals surface area contributed by atoms with Crippen molar-refractivity contribution in [2.45, 2.75) is 84.7 Å². The maximum atomic E-state index is 13.5. The third kappa shape index (κ3) is 6.80. The van der Waals surface area contributed by atoms with Crippen LogP contribution in [0.15, 0.2) is 23.2 Å². The summed E-state index contributed by atoms with van der Waals surface area (Å²) in [5, 5.41) is 15.6. The number of aryl methyl sites for hydroxylation is 1. The average molecular weight is 513 g/mol. The summed E-state index contributed by atoms with van der Waals surface area (Å²) in [6.45, 7) is 13.7. The van der Waals surface area contributed by atoms with Crippen LogP contribution >= 0.6 is 11.3 Å². The fourth-order valence-electron chi connectivity index (χ4n) is 3.77. The molecule has 0 saturated carbocycles. The van der Waals surface area contributed by atoms with E-state index in [4.69, 9.17) is 0 Å². The fourth-order valence-corrected chi connectivity index (χ4v) is 4.76. The molecule has 2 aromatic rings. The van der Waals surface area contributed by atoms with Crippen molar-refractivity contribution in [1.82, 2.24) is 14.7 Å². The summed E-state index contributed by atoms with van der Waals surface area (Å²) in [6.07, 6.45) is -2.79. The molecule has 0 aliphatic carbocycles. The van der Waals surface area contributed by atoms with Crippen molar-refractivity contribution in [3.8, 4) is 0 Å². The minimum absolute atomic E-state index is 0.0562. The zero-order valence-electron chi connectivity index (χ0n) is 21.2. The van der Waals surface area contributed by atoms with Crippen LogP contribution in [0, 0.1) is 5.92 Å². The van der Waals surface area contributed by atoms with Crippen molar-refractivity contribution in [3.63, 3.8) is 0 Å². The minimum atomic E-state index is -4.57. The summed E-state index contributed by atoms with van der Waals surface area (Å²) in [5.41, 5.74) is -1.52. The largest absolute Gasteiger partial charge is 0.416 e. The Labute approximate surface area is 208 Å². The van der Waals surface area contributed by atoms with Crippen LogP contribution in [0.25, 0.3) is 0 Å². The number of unbranched alkanes of at least 4 members (excludes halogenated alkanes) is 1. The maximum Gasteiger partial charge on any atom is 0.416 e. The number of likely N-dealkylation sites (tertiary alicyclic amines) is 1. The molecule has 1 aromatic carbocycles. The summed E-state index contributed by atoms with van der Waals surface area (Å²) in [4.78, 5) is 19.9. The average Bonchev–Trinajstić information content (AvgIpc) is 3.10. The summed E-state index contributed by atoms with van der Waals surface area (Å²) < 4.78 is 42.1. The topological polar surface area (TPSA) is 70.7 Å². The summed E-state index contributed by atoms with van der Waals surface area (Å²) in [7, 11) is 0. The van der Waals surface area contributed by atoms with Gasteiger partial charge in [-0.05, 0) is 38.0 Å². The number of hydrogen-bond acceptors (Lipinski definition) is 5. The smallest absolute Gasteiger partial charge is 0.390 e. The van der Waals surface area contributed by atoms with Gasteiger partial charge < -0.3 is 5.11 Å². The molecule has 1 saturated heterocycles. The third-order valence-corrected chi connectivity index (χ3v) is 7.57. The lowest BCUT2D eigenvalue weighted by Gasteiger charge is -2.45. The van der Waals surface area contributed by atoms with Gasteiger partial charge in [-0.3, -0.25) is 9.69 Å². The second kappa shape index (κ2) is 10.1. The summed E-state index contributed by atoms with van der Waals surface area (Å²) in [5.74, 6) is -0.633. The van der Waals surface area contributed by atoms with Crippen molar-refractivity contribution >= 4 is 17.2 Å². The Morgan fingerprint density at radius 2 is 1.86 bits per heavy atom. The van der Waals surface area contributed by atoms with E-state index in [1.165, 1.54) is 17.4 Å². The van der Waals surface area contributed by atoms with Crippen LogP contribution in [0.3, 0.4) is 0 Å². The van der Waals surface area contributed by atoms with Gasteiger partial charge in [0.25, 0.3) is 5.91 Å². The van der Waals surface area contributed by atoms with Gasteiger partial charge in [0.15, 0.2) is 0 Å². The number of amides is 1. The van der Waals surface area contributed by atoms with Crippen LogP contribution in [0.4, 0.5) is 13.2 Å². The lowest BCUT2D eigenvalue weighted by molar-refractivity contribution is -0.137. The molecule has 2 heterocycles. The van der Waals surface area contributed by atoms with Gasteiger partial charge in [0.1, 0.15) is 5.01 Å². The Kier molecular flexibility index (Phi) is 7.98. The molecule has 0 spiro atoms. The number of benzene rings is 1. The normalized spacial score (nSPS) is 16.6. The lowest BCUT2D eigenvalue weighted by Crippen LogP contribution is -2.55. The first-order valence-electron chi connectivity index (χ1n) is 11.9. The molecule has 10 heteroatoms. The number of carbonyl (C=O) groups excluding carboxylic acids is 1. The highest BCUT2D eigenvalue weighted by molar-refractivity contribution is 7.09. The summed E-state index contributed by atoms with van der Waals surface area (Å²) in [6, 6.07) is 3.27. The molecule has 0 bridgehead atoms. The van der Waals surface area contributed by atoms with Gasteiger partial charge >= 0.3 is 6.18 Å². The Hall–Kier alpha value is -2.04. The zero-order valence-corrected chi connectivity index (χ0v) is 22.1. The number of nitrogens with zero attached hydrogens (tertiary/aromatic N) is 4. The van der Waals surface area contributed by atoms with Gasteiger partial charge in [-0.15, -0.1) is 0 Å². The van der Waals surface area contributed by atoms with E-state index in [-0.39, 0.29) is 16.9 Å². The quantitative estimate of drug-likeness (QED) is 0.567. The van der Waals surface area contributed by atoms with Gasteiger partial charge in [-0.2, -0.15) is 23.3 Å². The van der Waals surface area contributed by atoms with Crippen molar-refractivity contribution in [2.75, 3.05) is 13.1 Å². The van der Waals surface area contributed by atoms with Crippen LogP contribution in [0.5, 0.6) is 0 Å². The van der Waals surface area contributed by atoms with Crippen LogP contribution in [0.1, 0.15) is 80.9 Å². The number of halogens is 3. The van der Waals surface area contributed by atoms with E-state index in [0.717, 1.165) is 30.0 Å². The molecule has 1 aliphatic rings. The van der Waals surface area contributed by atoms with Gasteiger partial charge in [0.05, 0.1) is 11.2 Å². The Morgan fingerprint density at radius 1 is 1.20 bits per heavy atom. The first-order valence-corrected chi connectivity index (χ1v) is 12.7. The lowest BCUT2D eigenvalue weighted by atomic mass is 9.84. The number of aromatic nitrogens is 2. The minimum Gasteiger partial charge on any atom is -0.390 e. The van der Waals surface area contributed by atoms with Crippen LogP contribution < -0.4 is 4.80 Å². The Morgan fingerprint density at radius 3 is 2.40 bits per heavy atom. The molecule has 0 atom stereocenters. The number of aliphatic hydroxyl groups is 1. The molecule has 0 unspecified atom stereocenters. The van der Waals surface area contributed by atoms with Crippen LogP contribution in [-0.4, -0.2) is 44.4 Å². The van der Waals surface area contributed by atoms with Crippen LogP contribution in [0.2, 0.25) is 0 Å². The van der Waals surface area contributed by atoms with E-state index in [9.17, 15) is 23.1 Å². The maximum absolute atomic E-state index is 13.5. The van der Waals surface area contributed by atoms with E-state index in [2.05, 4.69) is 10.1 Å². The molecule has 1 N–H and O–H groups in total. The van der Waals surface area contributed by atoms with E-state index in [0.29, 0.717) is 36.5 Å². The first-order chi connectivity index (χ1) is 16.1. The van der Waals surface area contributed by atoms with Gasteiger partial charge in [0, 0.05) is 43.1 Å². The highest BCUT2D eigenvalue weighted by Crippen LogP contribution is 2.33. The fraction of sp³-hybridized carbons (Fsp3) is 0.640. The van der Waals surface area contributed by atoms with Crippen molar-refractivity contribution in [3.05, 3.63) is 44.7 Å². The van der Waals surface area contributed by atoms with E-state index in [1.54, 1.807) is 18.5 Å². The highest BCUT2D eigenvalue weighted by Gasteiger charge is 2.38. The highest BCUT2D eigenvalue weighted by atomic mass is 32.1. The zero-order chi connectivity index (χ0) is 26.2. The third-order valence-electron chi connectivity index (χ3n) is 6.20. The Bertz CT molecular complexity index is 1120. The van der Waals surface area contributed by atoms with E-state index < -0.39 is 23.2 Å². The number of rotatable bonds is 7. The second-order valence-corrected chi connectivity index (χ2v) is 11.8. The van der Waals surface area contributed by atoms with Crippen molar-refractivity contribution in [2.24, 2.45) is 10.9 Å². The standard InChI is InChI=1S/C25H35F3N4O2S/c1-7-8-11-32-22(35-21(30-32)23(2,3)4)29-20(33)19-12-17(25(26,27)28)10-9-16(19)13-31-14-18(15-31)24(5,6)34/h9-10,12,18,34H,7-8,11,13-15H2,1-6H3. The molecule has 1 aliphatic heterocycles. The molecular formula is C25H35F3N4O2S. The summed E-state index contributed by atoms with van der Waals surface area (Å²) >= 11 is 1.29. The molecule has 6 nitrogen and oxygen atoms in total. The monoisotopic (exact) mass is 512 g/mol. The predicted molar refractivity (Wildman–Crippen MR) is 130 cm³/mol. The van der Waals surface area contributed by atoms with Gasteiger partial charge in [-0.25, -0.2) is 4.68 Å². The number of hydrogen-bond donors (Lipinski definition) is 1. The predicted octanol–water partition coefficient (Wildman–Crippen LogP) is 5.00. The molecule has 1 amide bonds. The van der Waals surface area contributed by atoms with Crippen molar-refractivity contribution < 1.29 is 23.1 Å².